The predicted molar refractivity (Wildman–Crippen MR) is 140 cm³/mol. The fourth-order valence-electron chi connectivity index (χ4n) is 5.85. The molecule has 0 radical (unpaired) electrons. The molecule has 6 heteroatoms. The number of hydrogen-bond donors (Lipinski definition) is 0. The van der Waals surface area contributed by atoms with Gasteiger partial charge in [-0.25, -0.2) is 0 Å². The Labute approximate surface area is 216 Å². The highest BCUT2D eigenvalue weighted by Gasteiger charge is 2.47. The zero-order chi connectivity index (χ0) is 24.6. The van der Waals surface area contributed by atoms with E-state index in [4.69, 9.17) is 32.7 Å². The number of halogens is 2. The van der Waals surface area contributed by atoms with Gasteiger partial charge in [-0.05, 0) is 77.9 Å². The van der Waals surface area contributed by atoms with Crippen molar-refractivity contribution in [2.75, 3.05) is 20.8 Å². The average molecular weight is 510 g/mol. The summed E-state index contributed by atoms with van der Waals surface area (Å²) < 4.78 is 11.2. The van der Waals surface area contributed by atoms with Crippen LogP contribution in [0.1, 0.15) is 54.0 Å². The maximum atomic E-state index is 14.6. The molecular weight excluding hydrogens is 481 g/mol. The summed E-state index contributed by atoms with van der Waals surface area (Å²) in [6, 6.07) is 19.4. The highest BCUT2D eigenvalue weighted by atomic mass is 35.5. The Hall–Kier alpha value is -2.69. The molecule has 1 saturated carbocycles. The third kappa shape index (κ3) is 4.28. The molecule has 3 aromatic carbocycles. The van der Waals surface area contributed by atoms with Crippen LogP contribution in [0, 0.1) is 0 Å². The maximum Gasteiger partial charge on any atom is 0.234 e. The second kappa shape index (κ2) is 9.75. The normalized spacial score (nSPS) is 18.7. The summed E-state index contributed by atoms with van der Waals surface area (Å²) >= 11 is 12.6. The minimum atomic E-state index is -0.546. The van der Waals surface area contributed by atoms with Gasteiger partial charge < -0.3 is 14.4 Å². The third-order valence-corrected chi connectivity index (χ3v) is 8.05. The van der Waals surface area contributed by atoms with Gasteiger partial charge in [-0.3, -0.25) is 4.79 Å². The molecule has 3 aromatic rings. The Kier molecular flexibility index (Phi) is 6.69. The van der Waals surface area contributed by atoms with Crippen LogP contribution in [0.4, 0.5) is 0 Å². The lowest BCUT2D eigenvalue weighted by Crippen LogP contribution is -2.49. The van der Waals surface area contributed by atoms with Crippen LogP contribution in [0.15, 0.2) is 60.7 Å². The van der Waals surface area contributed by atoms with Gasteiger partial charge in [0.1, 0.15) is 0 Å². The minimum absolute atomic E-state index is 0.169. The Morgan fingerprint density at radius 2 is 1.60 bits per heavy atom. The van der Waals surface area contributed by atoms with Gasteiger partial charge in [0.2, 0.25) is 5.91 Å². The molecule has 35 heavy (non-hydrogen) atoms. The molecule has 182 valence electrons. The molecule has 1 amide bonds. The molecular formula is C29H29Cl2NO3. The molecule has 0 saturated heterocycles. The lowest BCUT2D eigenvalue weighted by molar-refractivity contribution is -0.139. The van der Waals surface area contributed by atoms with Crippen LogP contribution in [0.2, 0.25) is 10.0 Å². The highest BCUT2D eigenvalue weighted by molar-refractivity contribution is 6.30. The van der Waals surface area contributed by atoms with E-state index in [0.717, 1.165) is 54.4 Å². The van der Waals surface area contributed by atoms with Crippen LogP contribution >= 0.6 is 23.2 Å². The van der Waals surface area contributed by atoms with E-state index in [2.05, 4.69) is 4.90 Å². The molecule has 1 aliphatic carbocycles. The van der Waals surface area contributed by atoms with Crippen LogP contribution in [0.3, 0.4) is 0 Å². The zero-order valence-electron chi connectivity index (χ0n) is 20.0. The summed E-state index contributed by atoms with van der Waals surface area (Å²) in [7, 11) is 3.28. The number of hydrogen-bond acceptors (Lipinski definition) is 3. The van der Waals surface area contributed by atoms with Crippen molar-refractivity contribution in [2.24, 2.45) is 0 Å². The summed E-state index contributed by atoms with van der Waals surface area (Å²) in [6.45, 7) is 0.619. The molecule has 1 heterocycles. The van der Waals surface area contributed by atoms with Gasteiger partial charge in [-0.1, -0.05) is 60.3 Å². The second-order valence-electron chi connectivity index (χ2n) is 9.41. The number of fused-ring (bicyclic) bond motifs is 1. The Balaban J connectivity index is 1.65. The van der Waals surface area contributed by atoms with Crippen molar-refractivity contribution in [1.82, 2.24) is 4.90 Å². The molecule has 0 bridgehead atoms. The molecule has 2 aliphatic rings. The summed E-state index contributed by atoms with van der Waals surface area (Å²) in [6.07, 6.45) is 4.49. The zero-order valence-corrected chi connectivity index (χ0v) is 21.5. The van der Waals surface area contributed by atoms with Gasteiger partial charge in [0.05, 0.1) is 25.7 Å². The van der Waals surface area contributed by atoms with Crippen molar-refractivity contribution >= 4 is 29.1 Å². The molecule has 0 N–H and O–H groups in total. The largest absolute Gasteiger partial charge is 0.493 e. The van der Waals surface area contributed by atoms with Gasteiger partial charge in [0.25, 0.3) is 0 Å². The molecule has 1 unspecified atom stereocenters. The molecule has 0 spiro atoms. The fraction of sp³-hybridized carbons (Fsp3) is 0.345. The van der Waals surface area contributed by atoms with E-state index >= 15 is 0 Å². The quantitative estimate of drug-likeness (QED) is 0.371. The monoisotopic (exact) mass is 509 g/mol. The SMILES string of the molecule is COc1cc2c(cc1OC)C(c1cccc(Cl)c1)N(C(=O)C1(c3ccc(Cl)cc3)CCCC1)CC2. The van der Waals surface area contributed by atoms with Crippen molar-refractivity contribution in [3.63, 3.8) is 0 Å². The Bertz CT molecular complexity index is 1240. The van der Waals surface area contributed by atoms with E-state index in [-0.39, 0.29) is 11.9 Å². The lowest BCUT2D eigenvalue weighted by Gasteiger charge is -2.43. The molecule has 1 fully saturated rings. The first kappa shape index (κ1) is 24.0. The fourth-order valence-corrected chi connectivity index (χ4v) is 6.17. The van der Waals surface area contributed by atoms with E-state index in [1.54, 1.807) is 14.2 Å². The standard InChI is InChI=1S/C29H29Cl2NO3/c1-34-25-17-19-12-15-32(27(24(19)18-26(25)35-2)20-6-5-7-23(31)16-20)28(33)29(13-3-4-14-29)21-8-10-22(30)11-9-21/h5-11,16-18,27H,3-4,12-15H2,1-2H3. The van der Waals surface area contributed by atoms with E-state index in [9.17, 15) is 4.79 Å². The predicted octanol–water partition coefficient (Wildman–Crippen LogP) is 7.00. The number of methoxy groups -OCH3 is 2. The van der Waals surface area contributed by atoms with E-state index in [1.807, 2.05) is 60.7 Å². The van der Waals surface area contributed by atoms with Crippen LogP contribution in [0.5, 0.6) is 11.5 Å². The van der Waals surface area contributed by atoms with E-state index < -0.39 is 5.41 Å². The van der Waals surface area contributed by atoms with Crippen molar-refractivity contribution in [2.45, 2.75) is 43.6 Å². The molecule has 1 aliphatic heterocycles. The molecule has 4 nitrogen and oxygen atoms in total. The topological polar surface area (TPSA) is 38.8 Å². The van der Waals surface area contributed by atoms with Crippen LogP contribution in [0.25, 0.3) is 0 Å². The molecule has 0 aromatic heterocycles. The third-order valence-electron chi connectivity index (χ3n) is 7.56. The van der Waals surface area contributed by atoms with E-state index in [1.165, 1.54) is 0 Å². The summed E-state index contributed by atoms with van der Waals surface area (Å²) in [4.78, 5) is 16.6. The lowest BCUT2D eigenvalue weighted by atomic mass is 9.76. The van der Waals surface area contributed by atoms with Crippen LogP contribution in [-0.4, -0.2) is 31.6 Å². The maximum absolute atomic E-state index is 14.6. The number of benzene rings is 3. The number of nitrogens with zero attached hydrogens (tertiary/aromatic N) is 1. The number of carbonyl (C=O) groups excluding carboxylic acids is 1. The molecule has 1 atom stereocenters. The number of amides is 1. The number of carbonyl (C=O) groups is 1. The van der Waals surface area contributed by atoms with Crippen molar-refractivity contribution < 1.29 is 14.3 Å². The average Bonchev–Trinajstić information content (AvgIpc) is 3.38. The first-order valence-corrected chi connectivity index (χ1v) is 12.8. The van der Waals surface area contributed by atoms with Gasteiger partial charge in [0, 0.05) is 16.6 Å². The van der Waals surface area contributed by atoms with Gasteiger partial charge in [0.15, 0.2) is 11.5 Å². The summed E-state index contributed by atoms with van der Waals surface area (Å²) in [5, 5.41) is 1.33. The van der Waals surface area contributed by atoms with E-state index in [0.29, 0.717) is 28.1 Å². The highest BCUT2D eigenvalue weighted by Crippen LogP contribution is 2.47. The van der Waals surface area contributed by atoms with Crippen molar-refractivity contribution in [3.05, 3.63) is 93.0 Å². The smallest absolute Gasteiger partial charge is 0.234 e. The van der Waals surface area contributed by atoms with Gasteiger partial charge in [-0.15, -0.1) is 0 Å². The Morgan fingerprint density at radius 3 is 2.26 bits per heavy atom. The number of rotatable bonds is 5. The first-order chi connectivity index (χ1) is 17.0. The summed E-state index contributed by atoms with van der Waals surface area (Å²) in [5.74, 6) is 1.52. The van der Waals surface area contributed by atoms with Crippen molar-refractivity contribution in [3.8, 4) is 11.5 Å². The van der Waals surface area contributed by atoms with Crippen LogP contribution < -0.4 is 9.47 Å². The Morgan fingerprint density at radius 1 is 0.914 bits per heavy atom. The van der Waals surface area contributed by atoms with Crippen molar-refractivity contribution in [1.29, 1.82) is 0 Å². The molecule has 5 rings (SSSR count). The van der Waals surface area contributed by atoms with Crippen LogP contribution in [-0.2, 0) is 16.6 Å². The summed E-state index contributed by atoms with van der Waals surface area (Å²) in [5.41, 5.74) is 3.70. The van der Waals surface area contributed by atoms with Gasteiger partial charge in [-0.2, -0.15) is 0 Å². The minimum Gasteiger partial charge on any atom is -0.493 e. The second-order valence-corrected chi connectivity index (χ2v) is 10.3. The van der Waals surface area contributed by atoms with Gasteiger partial charge >= 0.3 is 0 Å². The first-order valence-electron chi connectivity index (χ1n) is 12.0. The number of ether oxygens (including phenoxy) is 2.